The zero-order chi connectivity index (χ0) is 68.8. The lowest BCUT2D eigenvalue weighted by Crippen LogP contribution is -2.61. The number of ether oxygens (including phenoxy) is 5. The van der Waals surface area contributed by atoms with Gasteiger partial charge in [-0.2, -0.15) is 0 Å². The summed E-state index contributed by atoms with van der Waals surface area (Å²) < 4.78 is 26.6. The Bertz CT molecular complexity index is 3740. The maximum Gasteiger partial charge on any atom is 0.335 e. The summed E-state index contributed by atoms with van der Waals surface area (Å²) >= 11 is 0. The van der Waals surface area contributed by atoms with Gasteiger partial charge < -0.3 is 64.5 Å². The number of carboxylic acid groups (broad SMARTS) is 1. The maximum atomic E-state index is 13.0. The first kappa shape index (κ1) is 71.9. The van der Waals surface area contributed by atoms with Crippen LogP contribution in [-0.2, 0) is 49.6 Å². The Morgan fingerprint density at radius 2 is 1.27 bits per heavy atom. The van der Waals surface area contributed by atoms with Gasteiger partial charge in [-0.15, -0.1) is 0 Å². The number of aliphatic hydroxyl groups is 3. The highest BCUT2D eigenvalue weighted by atomic mass is 16.7. The number of carbonyl (C=O) groups excluding carboxylic acids is 7. The number of aliphatic hydroxyl groups excluding tert-OH is 3. The molecule has 5 aromatic rings. The van der Waals surface area contributed by atoms with Crippen molar-refractivity contribution in [2.24, 2.45) is 9.98 Å². The van der Waals surface area contributed by atoms with Crippen molar-refractivity contribution in [3.8, 4) is 11.5 Å². The van der Waals surface area contributed by atoms with Crippen molar-refractivity contribution in [3.63, 3.8) is 0 Å². The predicted molar refractivity (Wildman–Crippen MR) is 357 cm³/mol. The average Bonchev–Trinajstić information content (AvgIpc) is 1.56. The van der Waals surface area contributed by atoms with Gasteiger partial charge in [0.25, 0.3) is 23.6 Å². The lowest BCUT2D eigenvalue weighted by atomic mass is 9.99. The number of esters is 1. The largest absolute Gasteiger partial charge is 0.493 e. The molecule has 1 saturated heterocycles. The summed E-state index contributed by atoms with van der Waals surface area (Å²) in [4.78, 5) is 111. The number of nitrogens with zero attached hydrogens (tertiary/aromatic N) is 5. The molecular formula is C72H81N7O17. The smallest absolute Gasteiger partial charge is 0.335 e. The fourth-order valence-corrected chi connectivity index (χ4v) is 10.9. The normalized spacial score (nSPS) is 20.2. The third kappa shape index (κ3) is 18.9. The van der Waals surface area contributed by atoms with Crippen molar-refractivity contribution in [3.05, 3.63) is 173 Å². The number of hydrogen-bond acceptors (Lipinski definition) is 18. The quantitative estimate of drug-likeness (QED) is 0.0203. The molecule has 506 valence electrons. The van der Waals surface area contributed by atoms with Gasteiger partial charge in [-0.1, -0.05) is 100.0 Å². The number of anilines is 1. The molecule has 0 radical (unpaired) electrons. The van der Waals surface area contributed by atoms with Gasteiger partial charge in [0.1, 0.15) is 36.4 Å². The van der Waals surface area contributed by atoms with Crippen LogP contribution in [0.15, 0.2) is 150 Å². The predicted octanol–water partition coefficient (Wildman–Crippen LogP) is 8.41. The van der Waals surface area contributed by atoms with E-state index in [0.29, 0.717) is 54.9 Å². The fourth-order valence-electron chi connectivity index (χ4n) is 10.9. The first-order valence-electron chi connectivity index (χ1n) is 32.0. The summed E-state index contributed by atoms with van der Waals surface area (Å²) in [5.74, 6) is -2.99. The summed E-state index contributed by atoms with van der Waals surface area (Å²) in [6, 6.07) is 35.9. The standard InChI is InChI=1S/C29H37N3O13.C22H22N2O3.C19H16N2O.C2H6/c1-2-23(37)43-15-16-7-8-18(44-29-26(40)24(38)25(39)27(45-29)28(41)42)17(14-16)31-20(34)11-12-30-19(33)6-4-3-5-13-32-21(35)9-10-22(32)36;1-26-10-5-11-27-19-8-9-20-21(13-19)23-14-18-12-17(15-24(18)22(20)25)16-6-3-2-4-7-16;1-13-7-8-17-18(9-13)20-11-16-10-15(12-21(16)19(17)22)14-5-3-2-4-6-14;1-2/h7-10,14,24-27,29,38-40H,2-6,11-13,15H2,1H3,(H,30,33)(H,31,34)(H,41,42);2-4,6-9,13-15,18H,5,10-12H2,1H3;2-9,11-12,16H,10H2,1H3;1-2H3/t24-,25-,26?,27?,29+;18-;16-;/m000./s1. The number of methoxy groups -OCH3 is 1. The number of unbranched alkanes of at least 4 members (excludes halogenated alkanes) is 2. The molecule has 6 aliphatic rings. The Kier molecular flexibility index (Phi) is 26.2. The second-order valence-electron chi connectivity index (χ2n) is 22.8. The molecule has 6 amide bonds. The molecule has 0 saturated carbocycles. The number of carboxylic acids is 1. The minimum absolute atomic E-state index is 0.00800. The average molecular weight is 1320 g/mol. The molecule has 1 fully saturated rings. The van der Waals surface area contributed by atoms with E-state index in [1.807, 2.05) is 117 Å². The number of carbonyl (C=O) groups is 8. The third-order valence-corrected chi connectivity index (χ3v) is 16.0. The van der Waals surface area contributed by atoms with Crippen LogP contribution in [0.3, 0.4) is 0 Å². The van der Waals surface area contributed by atoms with Crippen LogP contribution in [0.2, 0.25) is 0 Å². The Labute approximate surface area is 556 Å². The van der Waals surface area contributed by atoms with Gasteiger partial charge in [-0.3, -0.25) is 48.4 Å². The number of nitrogens with one attached hydrogen (secondary N) is 2. The number of aliphatic imine (C=N–C) groups is 2. The summed E-state index contributed by atoms with van der Waals surface area (Å²) in [5.41, 5.74) is 8.96. The molecule has 11 rings (SSSR count). The number of benzene rings is 5. The fraction of sp³-hybridized carbons (Fsp3) is 0.361. The molecule has 6 heterocycles. The number of amides is 6. The second kappa shape index (κ2) is 35.0. The maximum absolute atomic E-state index is 13.0. The molecule has 0 bridgehead atoms. The highest BCUT2D eigenvalue weighted by Crippen LogP contribution is 2.38. The van der Waals surface area contributed by atoms with Crippen LogP contribution >= 0.6 is 0 Å². The van der Waals surface area contributed by atoms with Crippen molar-refractivity contribution in [2.75, 3.05) is 38.7 Å². The number of rotatable bonds is 23. The highest BCUT2D eigenvalue weighted by molar-refractivity contribution is 6.13. The van der Waals surface area contributed by atoms with Gasteiger partial charge in [0.05, 0.1) is 46.9 Å². The molecule has 5 aromatic carbocycles. The first-order chi connectivity index (χ1) is 46.4. The van der Waals surface area contributed by atoms with Crippen molar-refractivity contribution in [2.45, 2.75) is 135 Å². The monoisotopic (exact) mass is 1320 g/mol. The Morgan fingerprint density at radius 3 is 1.86 bits per heavy atom. The van der Waals surface area contributed by atoms with E-state index in [1.165, 1.54) is 41.5 Å². The molecule has 0 aliphatic carbocycles. The Balaban J connectivity index is 0.000000195. The van der Waals surface area contributed by atoms with E-state index in [0.717, 1.165) is 52.3 Å². The molecule has 96 heavy (non-hydrogen) atoms. The first-order valence-corrected chi connectivity index (χ1v) is 32.0. The summed E-state index contributed by atoms with van der Waals surface area (Å²) in [7, 11) is 1.67. The Morgan fingerprint density at radius 1 is 0.667 bits per heavy atom. The van der Waals surface area contributed by atoms with E-state index in [1.54, 1.807) is 25.0 Å². The zero-order valence-electron chi connectivity index (χ0n) is 54.2. The molecule has 24 heteroatoms. The van der Waals surface area contributed by atoms with Crippen molar-refractivity contribution >= 4 is 88.0 Å². The van der Waals surface area contributed by atoms with Crippen LogP contribution in [0.4, 0.5) is 17.1 Å². The number of imide groups is 1. The minimum Gasteiger partial charge on any atom is -0.493 e. The molecule has 0 aromatic heterocycles. The van der Waals surface area contributed by atoms with E-state index in [2.05, 4.69) is 44.9 Å². The van der Waals surface area contributed by atoms with E-state index >= 15 is 0 Å². The Hall–Kier alpha value is -9.98. The summed E-state index contributed by atoms with van der Waals surface area (Å²) in [6.07, 6.45) is 5.05. The van der Waals surface area contributed by atoms with E-state index in [4.69, 9.17) is 23.7 Å². The van der Waals surface area contributed by atoms with Crippen LogP contribution in [-0.4, -0.2) is 171 Å². The number of aryl methyl sites for hydroxylation is 1. The van der Waals surface area contributed by atoms with Gasteiger partial charge in [0, 0.05) is 108 Å². The van der Waals surface area contributed by atoms with Gasteiger partial charge in [0.15, 0.2) is 6.10 Å². The molecule has 24 nitrogen and oxygen atoms in total. The van der Waals surface area contributed by atoms with E-state index in [9.17, 15) is 58.8 Å². The molecule has 7 atom stereocenters. The third-order valence-electron chi connectivity index (χ3n) is 16.0. The summed E-state index contributed by atoms with van der Waals surface area (Å²) in [6.45, 7) is 8.99. The van der Waals surface area contributed by atoms with Crippen LogP contribution in [0.5, 0.6) is 11.5 Å². The number of hydrogen-bond donors (Lipinski definition) is 6. The SMILES string of the molecule is CC.CCC(=O)OCc1ccc(O[C@@H]2OC(C(=O)O)[C@@H](O)[C@H](O)C2O)c(NC(=O)CCNC(=O)CCCCCN2C(=O)C=CC2=O)c1.COCCCOc1ccc2c(c1)N=C[C@@H]1CC(c3ccccc3)=CN1C2=O.Cc1ccc2c(c1)N=C[C@@H]1CC(c3ccccc3)=CN1C2=O. The van der Waals surface area contributed by atoms with Gasteiger partial charge in [0.2, 0.25) is 18.1 Å². The molecule has 6 aliphatic heterocycles. The molecule has 2 unspecified atom stereocenters. The molecule has 6 N–H and O–H groups in total. The van der Waals surface area contributed by atoms with Crippen LogP contribution in [0.1, 0.15) is 122 Å². The molecular weight excluding hydrogens is 1230 g/mol. The van der Waals surface area contributed by atoms with Crippen molar-refractivity contribution in [1.29, 1.82) is 0 Å². The number of fused-ring (bicyclic) bond motifs is 4. The molecule has 0 spiro atoms. The topological polar surface area (TPSA) is 322 Å². The second-order valence-corrected chi connectivity index (χ2v) is 22.8. The van der Waals surface area contributed by atoms with Crippen LogP contribution in [0.25, 0.3) is 11.1 Å². The van der Waals surface area contributed by atoms with Gasteiger partial charge in [-0.25, -0.2) is 4.79 Å². The van der Waals surface area contributed by atoms with Crippen molar-refractivity contribution in [1.82, 2.24) is 20.0 Å². The van der Waals surface area contributed by atoms with Crippen LogP contribution in [0, 0.1) is 6.92 Å². The van der Waals surface area contributed by atoms with Gasteiger partial charge >= 0.3 is 11.9 Å². The lowest BCUT2D eigenvalue weighted by Gasteiger charge is -2.38. The van der Waals surface area contributed by atoms with E-state index in [-0.39, 0.29) is 92.0 Å². The van der Waals surface area contributed by atoms with Gasteiger partial charge in [-0.05, 0) is 89.6 Å². The minimum atomic E-state index is -1.92. The van der Waals surface area contributed by atoms with Crippen LogP contribution < -0.4 is 20.1 Å². The lowest BCUT2D eigenvalue weighted by molar-refractivity contribution is -0.271. The number of aliphatic carboxylic acids is 1. The van der Waals surface area contributed by atoms with Crippen molar-refractivity contribution < 1.29 is 82.5 Å². The highest BCUT2D eigenvalue weighted by Gasteiger charge is 2.48. The zero-order valence-corrected chi connectivity index (χ0v) is 54.2. The summed E-state index contributed by atoms with van der Waals surface area (Å²) in [5, 5.41) is 44.9. The van der Waals surface area contributed by atoms with E-state index < -0.39 is 48.6 Å².